The SMILES string of the molecule is Cc1c(-c2ccccc2)oc2c(C(=O)N3CCC4(C)C(C3)C4(F)F)cccc2c1=O. The van der Waals surface area contributed by atoms with E-state index in [0.29, 0.717) is 16.7 Å². The Morgan fingerprint density at radius 2 is 1.87 bits per heavy atom. The molecule has 1 amide bonds. The fourth-order valence-corrected chi connectivity index (χ4v) is 4.71. The van der Waals surface area contributed by atoms with Crippen molar-refractivity contribution in [2.75, 3.05) is 13.1 Å². The molecule has 1 aliphatic heterocycles. The normalized spacial score (nSPS) is 24.5. The third-order valence-electron chi connectivity index (χ3n) is 6.89. The van der Waals surface area contributed by atoms with Crippen LogP contribution < -0.4 is 5.43 Å². The van der Waals surface area contributed by atoms with Gasteiger partial charge in [0.2, 0.25) is 0 Å². The van der Waals surface area contributed by atoms with E-state index in [2.05, 4.69) is 0 Å². The number of alkyl halides is 2. The van der Waals surface area contributed by atoms with Gasteiger partial charge in [-0.05, 0) is 25.5 Å². The number of benzene rings is 2. The quantitative estimate of drug-likeness (QED) is 0.606. The molecule has 0 radical (unpaired) electrons. The van der Waals surface area contributed by atoms with Gasteiger partial charge in [-0.15, -0.1) is 0 Å². The van der Waals surface area contributed by atoms with Crippen molar-refractivity contribution in [3.63, 3.8) is 0 Å². The molecular formula is C24H21F2NO3. The van der Waals surface area contributed by atoms with Crippen molar-refractivity contribution in [3.05, 3.63) is 69.9 Å². The number of rotatable bonds is 2. The molecule has 5 rings (SSSR count). The van der Waals surface area contributed by atoms with Crippen LogP contribution in [0.4, 0.5) is 8.78 Å². The lowest BCUT2D eigenvalue weighted by atomic mass is 9.96. The van der Waals surface area contributed by atoms with Crippen molar-refractivity contribution in [1.82, 2.24) is 4.90 Å². The van der Waals surface area contributed by atoms with E-state index in [9.17, 15) is 18.4 Å². The minimum atomic E-state index is -2.73. The highest BCUT2D eigenvalue weighted by molar-refractivity contribution is 6.05. The number of para-hydroxylation sites is 1. The fourth-order valence-electron chi connectivity index (χ4n) is 4.71. The van der Waals surface area contributed by atoms with Gasteiger partial charge in [0.1, 0.15) is 5.76 Å². The lowest BCUT2D eigenvalue weighted by Crippen LogP contribution is -2.39. The van der Waals surface area contributed by atoms with E-state index < -0.39 is 17.3 Å². The second kappa shape index (κ2) is 6.24. The summed E-state index contributed by atoms with van der Waals surface area (Å²) < 4.78 is 34.3. The summed E-state index contributed by atoms with van der Waals surface area (Å²) in [5.41, 5.74) is 0.423. The van der Waals surface area contributed by atoms with E-state index in [0.717, 1.165) is 5.56 Å². The summed E-state index contributed by atoms with van der Waals surface area (Å²) >= 11 is 0. The molecule has 30 heavy (non-hydrogen) atoms. The van der Waals surface area contributed by atoms with Gasteiger partial charge in [0.15, 0.2) is 11.0 Å². The van der Waals surface area contributed by atoms with Crippen LogP contribution in [-0.4, -0.2) is 29.8 Å². The molecule has 2 aromatic carbocycles. The highest BCUT2D eigenvalue weighted by Crippen LogP contribution is 2.69. The summed E-state index contributed by atoms with van der Waals surface area (Å²) in [6.07, 6.45) is 0.263. The van der Waals surface area contributed by atoms with Gasteiger partial charge in [0.05, 0.1) is 16.9 Å². The Morgan fingerprint density at radius 1 is 1.13 bits per heavy atom. The molecule has 0 N–H and O–H groups in total. The molecule has 154 valence electrons. The maximum absolute atomic E-state index is 14.1. The van der Waals surface area contributed by atoms with E-state index in [-0.39, 0.29) is 42.0 Å². The van der Waals surface area contributed by atoms with Crippen molar-refractivity contribution >= 4 is 16.9 Å². The molecule has 2 heterocycles. The number of hydrogen-bond donors (Lipinski definition) is 0. The predicted octanol–water partition coefficient (Wildman–Crippen LogP) is 4.89. The van der Waals surface area contributed by atoms with Crippen LogP contribution >= 0.6 is 0 Å². The first-order valence-corrected chi connectivity index (χ1v) is 10.0. The third-order valence-corrected chi connectivity index (χ3v) is 6.89. The summed E-state index contributed by atoms with van der Waals surface area (Å²) in [5, 5.41) is 0.316. The van der Waals surface area contributed by atoms with Crippen molar-refractivity contribution < 1.29 is 18.0 Å². The number of halogens is 2. The molecule has 4 nitrogen and oxygen atoms in total. The van der Waals surface area contributed by atoms with Crippen LogP contribution in [0.15, 0.2) is 57.7 Å². The van der Waals surface area contributed by atoms with E-state index in [1.807, 2.05) is 30.3 Å². The van der Waals surface area contributed by atoms with E-state index in [1.165, 1.54) is 4.90 Å². The summed E-state index contributed by atoms with van der Waals surface area (Å²) in [6.45, 7) is 3.56. The summed E-state index contributed by atoms with van der Waals surface area (Å²) in [6, 6.07) is 14.1. The predicted molar refractivity (Wildman–Crippen MR) is 110 cm³/mol. The zero-order valence-corrected chi connectivity index (χ0v) is 16.7. The average Bonchev–Trinajstić information content (AvgIpc) is 3.21. The van der Waals surface area contributed by atoms with Crippen molar-refractivity contribution in [2.24, 2.45) is 11.3 Å². The highest BCUT2D eigenvalue weighted by Gasteiger charge is 2.78. The number of likely N-dealkylation sites (tertiary alicyclic amines) is 1. The third kappa shape index (κ3) is 2.49. The monoisotopic (exact) mass is 409 g/mol. The average molecular weight is 409 g/mol. The van der Waals surface area contributed by atoms with Gasteiger partial charge in [0.25, 0.3) is 11.8 Å². The lowest BCUT2D eigenvalue weighted by molar-refractivity contribution is 0.0635. The topological polar surface area (TPSA) is 50.5 Å². The maximum atomic E-state index is 14.1. The number of carbonyl (C=O) groups excluding carboxylic acids is 1. The van der Waals surface area contributed by atoms with E-state index in [4.69, 9.17) is 4.42 Å². The van der Waals surface area contributed by atoms with Crippen LogP contribution in [0.3, 0.4) is 0 Å². The number of fused-ring (bicyclic) bond motifs is 2. The molecule has 1 saturated heterocycles. The summed E-state index contributed by atoms with van der Waals surface area (Å²) in [5.74, 6) is -3.51. The molecule has 2 unspecified atom stereocenters. The molecule has 0 bridgehead atoms. The Hall–Kier alpha value is -3.02. The Bertz CT molecular complexity index is 1230. The molecule has 6 heteroatoms. The molecule has 1 aromatic heterocycles. The summed E-state index contributed by atoms with van der Waals surface area (Å²) in [7, 11) is 0. The molecule has 0 spiro atoms. The van der Waals surface area contributed by atoms with Gasteiger partial charge in [0, 0.05) is 29.6 Å². The second-order valence-electron chi connectivity index (χ2n) is 8.53. The zero-order chi connectivity index (χ0) is 21.3. The molecule has 2 atom stereocenters. The van der Waals surface area contributed by atoms with Crippen LogP contribution in [-0.2, 0) is 0 Å². The Labute approximate surface area is 172 Å². The van der Waals surface area contributed by atoms with Crippen molar-refractivity contribution in [2.45, 2.75) is 26.2 Å². The Balaban J connectivity index is 1.59. The fraction of sp³-hybridized carbons (Fsp3) is 0.333. The highest BCUT2D eigenvalue weighted by atomic mass is 19.3. The van der Waals surface area contributed by atoms with E-state index >= 15 is 0 Å². The Kier molecular flexibility index (Phi) is 3.95. The van der Waals surface area contributed by atoms with Gasteiger partial charge in [-0.1, -0.05) is 43.3 Å². The standard InChI is InChI=1S/C24H21F2NO3/c1-14-19(28)16-9-6-10-17(21(16)30-20(14)15-7-4-3-5-8-15)22(29)27-12-11-23(2)18(13-27)24(23,25)26/h3-10,18H,11-13H2,1-2H3. The van der Waals surface area contributed by atoms with Crippen LogP contribution in [0.2, 0.25) is 0 Å². The molecular weight excluding hydrogens is 388 g/mol. The minimum Gasteiger partial charge on any atom is -0.455 e. The number of nitrogens with zero attached hydrogens (tertiary/aromatic N) is 1. The van der Waals surface area contributed by atoms with Gasteiger partial charge >= 0.3 is 0 Å². The zero-order valence-electron chi connectivity index (χ0n) is 16.7. The van der Waals surface area contributed by atoms with Crippen LogP contribution in [0.25, 0.3) is 22.3 Å². The van der Waals surface area contributed by atoms with Crippen LogP contribution in [0, 0.1) is 18.3 Å². The number of carbonyl (C=O) groups is 1. The lowest BCUT2D eigenvalue weighted by Gasteiger charge is -2.28. The number of hydrogen-bond acceptors (Lipinski definition) is 3. The van der Waals surface area contributed by atoms with Gasteiger partial charge < -0.3 is 9.32 Å². The first-order chi connectivity index (χ1) is 14.3. The maximum Gasteiger partial charge on any atom is 0.259 e. The first-order valence-electron chi connectivity index (χ1n) is 10.0. The van der Waals surface area contributed by atoms with Crippen molar-refractivity contribution in [3.8, 4) is 11.3 Å². The van der Waals surface area contributed by atoms with Crippen molar-refractivity contribution in [1.29, 1.82) is 0 Å². The molecule has 1 saturated carbocycles. The van der Waals surface area contributed by atoms with Crippen LogP contribution in [0.1, 0.15) is 29.3 Å². The molecule has 2 aliphatic rings. The van der Waals surface area contributed by atoms with Gasteiger partial charge in [-0.25, -0.2) is 8.78 Å². The van der Waals surface area contributed by atoms with E-state index in [1.54, 1.807) is 32.0 Å². The minimum absolute atomic E-state index is 0.0142. The second-order valence-corrected chi connectivity index (χ2v) is 8.53. The van der Waals surface area contributed by atoms with Crippen LogP contribution in [0.5, 0.6) is 0 Å². The molecule has 2 fully saturated rings. The molecule has 3 aromatic rings. The number of piperidine rings is 1. The van der Waals surface area contributed by atoms with Gasteiger partial charge in [-0.2, -0.15) is 0 Å². The number of amides is 1. The largest absolute Gasteiger partial charge is 0.455 e. The molecule has 1 aliphatic carbocycles. The van der Waals surface area contributed by atoms with Gasteiger partial charge in [-0.3, -0.25) is 9.59 Å². The smallest absolute Gasteiger partial charge is 0.259 e. The first kappa shape index (κ1) is 19.0. The summed E-state index contributed by atoms with van der Waals surface area (Å²) in [4.78, 5) is 27.7. The Morgan fingerprint density at radius 3 is 2.57 bits per heavy atom.